The maximum absolute atomic E-state index is 11.3. The number of para-hydroxylation sites is 1. The summed E-state index contributed by atoms with van der Waals surface area (Å²) in [5.41, 5.74) is 1.05. The molecule has 2 N–H and O–H groups in total. The molecule has 1 aromatic rings. The maximum atomic E-state index is 11.3. The van der Waals surface area contributed by atoms with E-state index in [-0.39, 0.29) is 5.91 Å². The molecule has 1 heterocycles. The number of halogens is 4. The molecule has 2 rings (SSSR count). The van der Waals surface area contributed by atoms with Crippen LogP contribution >= 0.6 is 11.6 Å². The minimum Gasteiger partial charge on any atom is -0.490 e. The number of aryl methyl sites for hydroxylation is 1. The van der Waals surface area contributed by atoms with Gasteiger partial charge in [0, 0.05) is 32.6 Å². The molecule has 1 amide bonds. The Kier molecular flexibility index (Phi) is 9.54. The molecule has 1 saturated heterocycles. The van der Waals surface area contributed by atoms with Gasteiger partial charge in [0.15, 0.2) is 0 Å². The van der Waals surface area contributed by atoms with Crippen LogP contribution in [0.5, 0.6) is 5.75 Å². The van der Waals surface area contributed by atoms with E-state index in [2.05, 4.69) is 5.32 Å². The quantitative estimate of drug-likeness (QED) is 0.709. The number of carbonyl (C=O) groups excluding carboxylic acids is 1. The number of likely N-dealkylation sites (tertiary alicyclic amines) is 1. The SMILES string of the molecule is CC(=O)N1CCC(NCCOc2c(C)cccc2Cl)CC1.O=C(O)C(F)(F)F. The van der Waals surface area contributed by atoms with E-state index in [1.54, 1.807) is 6.92 Å². The number of carbonyl (C=O) groups is 2. The number of carboxylic acids is 1. The van der Waals surface area contributed by atoms with Crippen LogP contribution in [0.1, 0.15) is 25.3 Å². The number of rotatable bonds is 5. The molecule has 0 spiro atoms. The summed E-state index contributed by atoms with van der Waals surface area (Å²) in [5.74, 6) is -1.81. The van der Waals surface area contributed by atoms with Crippen molar-refractivity contribution in [2.75, 3.05) is 26.2 Å². The Morgan fingerprint density at radius 3 is 2.36 bits per heavy atom. The minimum absolute atomic E-state index is 0.172. The number of nitrogens with one attached hydrogen (secondary N) is 1. The monoisotopic (exact) mass is 424 g/mol. The van der Waals surface area contributed by atoms with Crippen LogP contribution in [0.3, 0.4) is 0 Å². The van der Waals surface area contributed by atoms with E-state index in [0.717, 1.165) is 43.8 Å². The lowest BCUT2D eigenvalue weighted by Gasteiger charge is -2.31. The smallest absolute Gasteiger partial charge is 0.490 e. The first-order valence-corrected chi connectivity index (χ1v) is 9.07. The highest BCUT2D eigenvalue weighted by Gasteiger charge is 2.38. The number of hydrogen-bond donors (Lipinski definition) is 2. The molecule has 1 fully saturated rings. The normalized spacial score (nSPS) is 14.9. The number of amides is 1. The fraction of sp³-hybridized carbons (Fsp3) is 0.556. The molecule has 6 nitrogen and oxygen atoms in total. The van der Waals surface area contributed by atoms with E-state index in [4.69, 9.17) is 26.2 Å². The summed E-state index contributed by atoms with van der Waals surface area (Å²) in [4.78, 5) is 22.1. The summed E-state index contributed by atoms with van der Waals surface area (Å²) in [6.45, 7) is 6.70. The van der Waals surface area contributed by atoms with Crippen LogP contribution in [0.15, 0.2) is 18.2 Å². The Hall–Kier alpha value is -2.00. The second kappa shape index (κ2) is 11.1. The van der Waals surface area contributed by atoms with E-state index in [9.17, 15) is 18.0 Å². The lowest BCUT2D eigenvalue weighted by molar-refractivity contribution is -0.192. The van der Waals surface area contributed by atoms with Crippen molar-refractivity contribution < 1.29 is 32.6 Å². The number of ether oxygens (including phenoxy) is 1. The number of carboxylic acid groups (broad SMARTS) is 1. The predicted octanol–water partition coefficient (Wildman–Crippen LogP) is 3.26. The number of alkyl halides is 3. The van der Waals surface area contributed by atoms with E-state index in [1.165, 1.54) is 0 Å². The van der Waals surface area contributed by atoms with Crippen molar-refractivity contribution in [2.24, 2.45) is 0 Å². The molecule has 1 aliphatic heterocycles. The van der Waals surface area contributed by atoms with Crippen LogP contribution < -0.4 is 10.1 Å². The molecule has 0 bridgehead atoms. The summed E-state index contributed by atoms with van der Waals surface area (Å²) in [6, 6.07) is 6.23. The molecule has 0 unspecified atom stereocenters. The third kappa shape index (κ3) is 8.35. The van der Waals surface area contributed by atoms with Crippen LogP contribution in [0.4, 0.5) is 13.2 Å². The molecular formula is C18H24ClF3N2O4. The average molecular weight is 425 g/mol. The largest absolute Gasteiger partial charge is 0.490 e. The summed E-state index contributed by atoms with van der Waals surface area (Å²) < 4.78 is 37.5. The molecule has 10 heteroatoms. The lowest BCUT2D eigenvalue weighted by Crippen LogP contribution is -2.45. The molecular weight excluding hydrogens is 401 g/mol. The van der Waals surface area contributed by atoms with Crippen molar-refractivity contribution in [2.45, 2.75) is 38.9 Å². The highest BCUT2D eigenvalue weighted by Crippen LogP contribution is 2.27. The Morgan fingerprint density at radius 2 is 1.89 bits per heavy atom. The van der Waals surface area contributed by atoms with Crippen molar-refractivity contribution in [1.82, 2.24) is 10.2 Å². The van der Waals surface area contributed by atoms with Gasteiger partial charge in [-0.05, 0) is 31.4 Å². The first kappa shape index (κ1) is 24.0. The number of hydrogen-bond acceptors (Lipinski definition) is 4. The van der Waals surface area contributed by atoms with Crippen LogP contribution in [-0.2, 0) is 9.59 Å². The van der Waals surface area contributed by atoms with Crippen LogP contribution in [-0.4, -0.2) is 60.3 Å². The second-order valence-corrected chi connectivity index (χ2v) is 6.68. The van der Waals surface area contributed by atoms with Crippen molar-refractivity contribution in [3.8, 4) is 5.75 Å². The average Bonchev–Trinajstić information content (AvgIpc) is 2.61. The summed E-state index contributed by atoms with van der Waals surface area (Å²) in [5, 5.41) is 11.3. The zero-order valence-corrected chi connectivity index (χ0v) is 16.4. The first-order chi connectivity index (χ1) is 13.0. The van der Waals surface area contributed by atoms with Crippen molar-refractivity contribution in [3.05, 3.63) is 28.8 Å². The van der Waals surface area contributed by atoms with Crippen LogP contribution in [0, 0.1) is 6.92 Å². The van der Waals surface area contributed by atoms with Gasteiger partial charge in [0.25, 0.3) is 0 Å². The van der Waals surface area contributed by atoms with Gasteiger partial charge in [-0.15, -0.1) is 0 Å². The number of aliphatic carboxylic acids is 1. The highest BCUT2D eigenvalue weighted by molar-refractivity contribution is 6.32. The number of benzene rings is 1. The summed E-state index contributed by atoms with van der Waals surface area (Å²) >= 11 is 6.12. The zero-order valence-electron chi connectivity index (χ0n) is 15.7. The van der Waals surface area contributed by atoms with Gasteiger partial charge in [0.05, 0.1) is 5.02 Å². The van der Waals surface area contributed by atoms with Crippen LogP contribution in [0.25, 0.3) is 0 Å². The van der Waals surface area contributed by atoms with Crippen molar-refractivity contribution >= 4 is 23.5 Å². The van der Waals surface area contributed by atoms with E-state index < -0.39 is 12.1 Å². The van der Waals surface area contributed by atoms with Gasteiger partial charge in [-0.3, -0.25) is 4.79 Å². The predicted molar refractivity (Wildman–Crippen MR) is 98.7 cm³/mol. The molecule has 0 aliphatic carbocycles. The van der Waals surface area contributed by atoms with E-state index in [1.807, 2.05) is 30.0 Å². The third-order valence-corrected chi connectivity index (χ3v) is 4.43. The Morgan fingerprint density at radius 1 is 1.32 bits per heavy atom. The Balaban J connectivity index is 0.000000480. The topological polar surface area (TPSA) is 78.9 Å². The number of piperidine rings is 1. The molecule has 1 aromatic carbocycles. The summed E-state index contributed by atoms with van der Waals surface area (Å²) in [7, 11) is 0. The van der Waals surface area contributed by atoms with Crippen molar-refractivity contribution in [3.63, 3.8) is 0 Å². The molecule has 28 heavy (non-hydrogen) atoms. The van der Waals surface area contributed by atoms with Gasteiger partial charge >= 0.3 is 12.1 Å². The third-order valence-electron chi connectivity index (χ3n) is 4.13. The van der Waals surface area contributed by atoms with Crippen LogP contribution in [0.2, 0.25) is 5.02 Å². The van der Waals surface area contributed by atoms with Gasteiger partial charge in [-0.1, -0.05) is 23.7 Å². The van der Waals surface area contributed by atoms with Gasteiger partial charge in [0.1, 0.15) is 12.4 Å². The number of nitrogens with zero attached hydrogens (tertiary/aromatic N) is 1. The lowest BCUT2D eigenvalue weighted by atomic mass is 10.1. The fourth-order valence-corrected chi connectivity index (χ4v) is 2.89. The molecule has 158 valence electrons. The van der Waals surface area contributed by atoms with Crippen molar-refractivity contribution in [1.29, 1.82) is 0 Å². The Bertz CT molecular complexity index is 642. The molecule has 0 aromatic heterocycles. The van der Waals surface area contributed by atoms with Gasteiger partial charge in [0.2, 0.25) is 5.91 Å². The van der Waals surface area contributed by atoms with Gasteiger partial charge in [-0.25, -0.2) is 4.79 Å². The zero-order chi connectivity index (χ0) is 21.3. The highest BCUT2D eigenvalue weighted by atomic mass is 35.5. The standard InChI is InChI=1S/C16H23ClN2O2.C2HF3O2/c1-12-4-3-5-15(17)16(12)21-11-8-18-14-6-9-19(10-7-14)13(2)20;3-2(4,5)1(6)7/h3-5,14,18H,6-11H2,1-2H3;(H,6,7). The summed E-state index contributed by atoms with van der Waals surface area (Å²) in [6.07, 6.45) is -3.07. The second-order valence-electron chi connectivity index (χ2n) is 6.27. The Labute approximate surface area is 166 Å². The fourth-order valence-electron chi connectivity index (χ4n) is 2.61. The van der Waals surface area contributed by atoms with Gasteiger partial charge in [-0.2, -0.15) is 13.2 Å². The van der Waals surface area contributed by atoms with E-state index in [0.29, 0.717) is 17.7 Å². The maximum Gasteiger partial charge on any atom is 0.490 e. The minimum atomic E-state index is -5.08. The van der Waals surface area contributed by atoms with Gasteiger partial charge < -0.3 is 20.1 Å². The first-order valence-electron chi connectivity index (χ1n) is 8.69. The molecule has 0 atom stereocenters. The molecule has 1 aliphatic rings. The molecule has 0 radical (unpaired) electrons. The molecule has 0 saturated carbocycles. The van der Waals surface area contributed by atoms with E-state index >= 15 is 0 Å².